The highest BCUT2D eigenvalue weighted by molar-refractivity contribution is 9.10. The Hall–Kier alpha value is -0.900. The molecule has 1 aliphatic carbocycles. The molecular weight excluding hydrogens is 254 g/mol. The number of rotatable bonds is 1. The molecule has 1 saturated carbocycles. The molecule has 0 aromatic carbocycles. The predicted octanol–water partition coefficient (Wildman–Crippen LogP) is 3.15. The van der Waals surface area contributed by atoms with Crippen molar-refractivity contribution in [3.8, 4) is 0 Å². The summed E-state index contributed by atoms with van der Waals surface area (Å²) in [6.07, 6.45) is 7.04. The van der Waals surface area contributed by atoms with Gasteiger partial charge < -0.3 is 0 Å². The number of halogens is 1. The number of nitrogens with zero attached hydrogens (tertiary/aromatic N) is 3. The minimum Gasteiger partial charge on any atom is -0.234 e. The second kappa shape index (κ2) is 3.59. The Labute approximate surface area is 96.6 Å². The maximum absolute atomic E-state index is 4.62. The van der Waals surface area contributed by atoms with E-state index in [2.05, 4.69) is 32.1 Å². The average molecular weight is 266 g/mol. The van der Waals surface area contributed by atoms with E-state index in [-0.39, 0.29) is 0 Å². The molecule has 0 unspecified atom stereocenters. The molecule has 0 spiro atoms. The van der Waals surface area contributed by atoms with Crippen LogP contribution >= 0.6 is 15.9 Å². The number of aromatic nitrogens is 3. The number of hydrogen-bond acceptors (Lipinski definition) is 2. The van der Waals surface area contributed by atoms with Crippen LogP contribution in [0.1, 0.15) is 37.3 Å². The molecular formula is C11H12BrN3. The van der Waals surface area contributed by atoms with Gasteiger partial charge in [-0.3, -0.25) is 0 Å². The van der Waals surface area contributed by atoms with Crippen molar-refractivity contribution in [1.29, 1.82) is 0 Å². The maximum atomic E-state index is 4.62. The quantitative estimate of drug-likeness (QED) is 0.793. The summed E-state index contributed by atoms with van der Waals surface area (Å²) < 4.78 is 2.80. The van der Waals surface area contributed by atoms with Crippen LogP contribution in [-0.4, -0.2) is 14.6 Å². The summed E-state index contributed by atoms with van der Waals surface area (Å²) >= 11 is 3.45. The summed E-state index contributed by atoms with van der Waals surface area (Å²) in [5.41, 5.74) is 2.11. The van der Waals surface area contributed by atoms with E-state index < -0.39 is 0 Å². The van der Waals surface area contributed by atoms with Crippen LogP contribution in [0.4, 0.5) is 0 Å². The fourth-order valence-corrected chi connectivity index (χ4v) is 2.66. The molecule has 0 amide bonds. The standard InChI is InChI=1S/C11H12BrN3/c12-10-7-13-11-6-5-9(14-15(10)11)8-3-1-2-4-8/h5-8H,1-4H2. The first kappa shape index (κ1) is 9.33. The van der Waals surface area contributed by atoms with Crippen LogP contribution in [0.3, 0.4) is 0 Å². The van der Waals surface area contributed by atoms with Gasteiger partial charge in [0, 0.05) is 5.92 Å². The normalized spacial score (nSPS) is 17.7. The zero-order valence-electron chi connectivity index (χ0n) is 8.36. The Balaban J connectivity index is 2.08. The third kappa shape index (κ3) is 1.57. The predicted molar refractivity (Wildman–Crippen MR) is 61.9 cm³/mol. The molecule has 0 bridgehead atoms. The van der Waals surface area contributed by atoms with Crippen molar-refractivity contribution in [2.24, 2.45) is 0 Å². The lowest BCUT2D eigenvalue weighted by Gasteiger charge is -2.08. The van der Waals surface area contributed by atoms with Crippen LogP contribution < -0.4 is 0 Å². The van der Waals surface area contributed by atoms with Crippen molar-refractivity contribution in [3.05, 3.63) is 28.6 Å². The molecule has 2 heterocycles. The molecule has 78 valence electrons. The van der Waals surface area contributed by atoms with Crippen molar-refractivity contribution >= 4 is 21.6 Å². The molecule has 1 aliphatic rings. The highest BCUT2D eigenvalue weighted by atomic mass is 79.9. The maximum Gasteiger partial charge on any atom is 0.154 e. The van der Waals surface area contributed by atoms with Gasteiger partial charge in [-0.15, -0.1) is 0 Å². The summed E-state index contributed by atoms with van der Waals surface area (Å²) in [5.74, 6) is 0.656. The van der Waals surface area contributed by atoms with Gasteiger partial charge in [0.05, 0.1) is 11.9 Å². The third-order valence-corrected chi connectivity index (χ3v) is 3.66. The minimum atomic E-state index is 0.656. The first-order chi connectivity index (χ1) is 7.34. The lowest BCUT2D eigenvalue weighted by Crippen LogP contribution is -2.01. The van der Waals surface area contributed by atoms with Crippen molar-refractivity contribution in [2.45, 2.75) is 31.6 Å². The van der Waals surface area contributed by atoms with Gasteiger partial charge >= 0.3 is 0 Å². The van der Waals surface area contributed by atoms with Gasteiger partial charge in [-0.05, 0) is 40.9 Å². The van der Waals surface area contributed by atoms with E-state index in [0.29, 0.717) is 5.92 Å². The Morgan fingerprint density at radius 3 is 2.87 bits per heavy atom. The minimum absolute atomic E-state index is 0.656. The highest BCUT2D eigenvalue weighted by Gasteiger charge is 2.19. The van der Waals surface area contributed by atoms with Crippen LogP contribution in [0.25, 0.3) is 5.65 Å². The smallest absolute Gasteiger partial charge is 0.154 e. The molecule has 3 rings (SSSR count). The van der Waals surface area contributed by atoms with Crippen molar-refractivity contribution in [2.75, 3.05) is 0 Å². The zero-order valence-corrected chi connectivity index (χ0v) is 9.94. The number of fused-ring (bicyclic) bond motifs is 1. The molecule has 2 aromatic rings. The van der Waals surface area contributed by atoms with Crippen LogP contribution in [0.5, 0.6) is 0 Å². The topological polar surface area (TPSA) is 30.2 Å². The first-order valence-corrected chi connectivity index (χ1v) is 6.14. The van der Waals surface area contributed by atoms with E-state index in [1.807, 2.05) is 10.6 Å². The SMILES string of the molecule is Brc1cnc2ccc(C3CCCC3)nn12. The summed E-state index contributed by atoms with van der Waals surface area (Å²) in [5, 5.41) is 4.62. The monoisotopic (exact) mass is 265 g/mol. The Morgan fingerprint density at radius 2 is 2.07 bits per heavy atom. The van der Waals surface area contributed by atoms with Crippen LogP contribution in [-0.2, 0) is 0 Å². The molecule has 0 saturated heterocycles. The zero-order chi connectivity index (χ0) is 10.3. The average Bonchev–Trinajstić information content (AvgIpc) is 2.88. The fourth-order valence-electron chi connectivity index (χ4n) is 2.30. The van der Waals surface area contributed by atoms with E-state index in [9.17, 15) is 0 Å². The second-order valence-corrected chi connectivity index (χ2v) is 4.90. The Morgan fingerprint density at radius 1 is 1.27 bits per heavy atom. The number of hydrogen-bond donors (Lipinski definition) is 0. The van der Waals surface area contributed by atoms with E-state index in [0.717, 1.165) is 10.3 Å². The molecule has 1 fully saturated rings. The number of imidazole rings is 1. The van der Waals surface area contributed by atoms with E-state index in [4.69, 9.17) is 0 Å². The van der Waals surface area contributed by atoms with Gasteiger partial charge in [0.1, 0.15) is 4.60 Å². The molecule has 4 heteroatoms. The van der Waals surface area contributed by atoms with Crippen LogP contribution in [0.15, 0.2) is 22.9 Å². The summed E-state index contributed by atoms with van der Waals surface area (Å²) in [6, 6.07) is 4.16. The first-order valence-electron chi connectivity index (χ1n) is 5.35. The summed E-state index contributed by atoms with van der Waals surface area (Å²) in [7, 11) is 0. The van der Waals surface area contributed by atoms with E-state index in [1.54, 1.807) is 6.20 Å². The largest absolute Gasteiger partial charge is 0.234 e. The van der Waals surface area contributed by atoms with Gasteiger partial charge in [-0.2, -0.15) is 5.10 Å². The van der Waals surface area contributed by atoms with Crippen molar-refractivity contribution in [1.82, 2.24) is 14.6 Å². The molecule has 0 atom stereocenters. The summed E-state index contributed by atoms with van der Waals surface area (Å²) in [4.78, 5) is 4.24. The summed E-state index contributed by atoms with van der Waals surface area (Å²) in [6.45, 7) is 0. The van der Waals surface area contributed by atoms with Gasteiger partial charge in [0.25, 0.3) is 0 Å². The molecule has 2 aromatic heterocycles. The Bertz CT molecular complexity index is 486. The molecule has 0 N–H and O–H groups in total. The van der Waals surface area contributed by atoms with Crippen LogP contribution in [0.2, 0.25) is 0 Å². The highest BCUT2D eigenvalue weighted by Crippen LogP contribution is 2.32. The lowest BCUT2D eigenvalue weighted by atomic mass is 10.0. The molecule has 0 aliphatic heterocycles. The van der Waals surface area contributed by atoms with Gasteiger partial charge in [-0.25, -0.2) is 9.50 Å². The second-order valence-electron chi connectivity index (χ2n) is 4.09. The van der Waals surface area contributed by atoms with Crippen LogP contribution in [0, 0.1) is 0 Å². The van der Waals surface area contributed by atoms with Crippen molar-refractivity contribution in [3.63, 3.8) is 0 Å². The molecule has 15 heavy (non-hydrogen) atoms. The third-order valence-electron chi connectivity index (χ3n) is 3.11. The van der Waals surface area contributed by atoms with E-state index >= 15 is 0 Å². The van der Waals surface area contributed by atoms with Gasteiger partial charge in [0.2, 0.25) is 0 Å². The van der Waals surface area contributed by atoms with Crippen molar-refractivity contribution < 1.29 is 0 Å². The van der Waals surface area contributed by atoms with E-state index in [1.165, 1.54) is 31.4 Å². The lowest BCUT2D eigenvalue weighted by molar-refractivity contribution is 0.669. The Kier molecular flexibility index (Phi) is 2.24. The van der Waals surface area contributed by atoms with Gasteiger partial charge in [0.15, 0.2) is 5.65 Å². The molecule has 3 nitrogen and oxygen atoms in total. The van der Waals surface area contributed by atoms with Gasteiger partial charge in [-0.1, -0.05) is 12.8 Å². The fraction of sp³-hybridized carbons (Fsp3) is 0.455. The molecule has 0 radical (unpaired) electrons.